The molecule has 1 heterocycles. The number of nitrogens with zero attached hydrogens (tertiary/aromatic N) is 2. The predicted octanol–water partition coefficient (Wildman–Crippen LogP) is 2.25. The van der Waals surface area contributed by atoms with E-state index < -0.39 is 5.97 Å². The zero-order valence-corrected chi connectivity index (χ0v) is 15.6. The van der Waals surface area contributed by atoms with Crippen molar-refractivity contribution in [3.8, 4) is 17.0 Å². The maximum absolute atomic E-state index is 12.3. The fourth-order valence-corrected chi connectivity index (χ4v) is 2.87. The zero-order valence-electron chi connectivity index (χ0n) is 15.6. The van der Waals surface area contributed by atoms with E-state index in [-0.39, 0.29) is 18.7 Å². The molecule has 3 aromatic rings. The number of ether oxygens (including phenoxy) is 2. The standard InChI is InChI=1S/C21H20N2O5/c1-27-19-8-6-15(11-17(19)13-24)18-7-9-20(25)23(22-18)12-14-4-3-5-16(10-14)21(26)28-2/h3-11,24H,12-13H2,1-2H3. The summed E-state index contributed by atoms with van der Waals surface area (Å²) in [6.45, 7) is 0.0392. The summed E-state index contributed by atoms with van der Waals surface area (Å²) < 4.78 is 11.3. The maximum atomic E-state index is 12.3. The fraction of sp³-hybridized carbons (Fsp3) is 0.190. The average molecular weight is 380 g/mol. The molecule has 0 unspecified atom stereocenters. The number of aliphatic hydroxyl groups excluding tert-OH is 1. The Bertz CT molecular complexity index is 1060. The molecule has 2 aromatic carbocycles. The molecule has 0 saturated heterocycles. The molecule has 0 saturated carbocycles. The van der Waals surface area contributed by atoms with Crippen LogP contribution in [0.4, 0.5) is 0 Å². The Balaban J connectivity index is 1.95. The average Bonchev–Trinajstić information content (AvgIpc) is 2.74. The van der Waals surface area contributed by atoms with Crippen LogP contribution in [-0.4, -0.2) is 35.1 Å². The lowest BCUT2D eigenvalue weighted by Crippen LogP contribution is -2.23. The van der Waals surface area contributed by atoms with Crippen molar-refractivity contribution in [2.75, 3.05) is 14.2 Å². The number of methoxy groups -OCH3 is 2. The van der Waals surface area contributed by atoms with Crippen molar-refractivity contribution < 1.29 is 19.4 Å². The Hall–Kier alpha value is -3.45. The van der Waals surface area contributed by atoms with E-state index in [1.54, 1.807) is 36.4 Å². The van der Waals surface area contributed by atoms with E-state index in [4.69, 9.17) is 9.47 Å². The van der Waals surface area contributed by atoms with Gasteiger partial charge in [-0.1, -0.05) is 12.1 Å². The van der Waals surface area contributed by atoms with E-state index in [2.05, 4.69) is 5.10 Å². The number of carbonyl (C=O) groups excluding carboxylic acids is 1. The molecule has 0 atom stereocenters. The van der Waals surface area contributed by atoms with Gasteiger partial charge in [-0.05, 0) is 42.0 Å². The number of benzene rings is 2. The van der Waals surface area contributed by atoms with Gasteiger partial charge in [-0.2, -0.15) is 5.10 Å². The highest BCUT2D eigenvalue weighted by molar-refractivity contribution is 5.89. The number of hydrogen-bond acceptors (Lipinski definition) is 6. The van der Waals surface area contributed by atoms with Crippen LogP contribution >= 0.6 is 0 Å². The first-order valence-electron chi connectivity index (χ1n) is 8.59. The Morgan fingerprint density at radius 1 is 1.11 bits per heavy atom. The molecule has 0 bridgehead atoms. The SMILES string of the molecule is COC(=O)c1cccc(Cn2nc(-c3ccc(OC)c(CO)c3)ccc2=O)c1. The van der Waals surface area contributed by atoms with Gasteiger partial charge in [-0.3, -0.25) is 4.79 Å². The van der Waals surface area contributed by atoms with E-state index in [1.807, 2.05) is 12.1 Å². The molecule has 0 fully saturated rings. The van der Waals surface area contributed by atoms with Crippen LogP contribution in [0.3, 0.4) is 0 Å². The van der Waals surface area contributed by atoms with Crippen molar-refractivity contribution in [3.63, 3.8) is 0 Å². The van der Waals surface area contributed by atoms with E-state index in [1.165, 1.54) is 25.0 Å². The predicted molar refractivity (Wildman–Crippen MR) is 103 cm³/mol. The van der Waals surface area contributed by atoms with Crippen LogP contribution in [0, 0.1) is 0 Å². The second-order valence-electron chi connectivity index (χ2n) is 6.09. The molecule has 7 heteroatoms. The first kappa shape index (κ1) is 19.3. The van der Waals surface area contributed by atoms with Gasteiger partial charge >= 0.3 is 5.97 Å². The summed E-state index contributed by atoms with van der Waals surface area (Å²) in [4.78, 5) is 24.0. The van der Waals surface area contributed by atoms with Gasteiger partial charge in [0, 0.05) is 17.2 Å². The molecular formula is C21H20N2O5. The quantitative estimate of drug-likeness (QED) is 0.660. The highest BCUT2D eigenvalue weighted by Gasteiger charge is 2.10. The molecule has 0 aliphatic carbocycles. The van der Waals surface area contributed by atoms with E-state index in [0.717, 1.165) is 11.1 Å². The molecule has 144 valence electrons. The number of carbonyl (C=O) groups is 1. The molecule has 0 aliphatic heterocycles. The van der Waals surface area contributed by atoms with E-state index >= 15 is 0 Å². The molecule has 0 amide bonds. The summed E-state index contributed by atoms with van der Waals surface area (Å²) in [6, 6.07) is 15.3. The lowest BCUT2D eigenvalue weighted by molar-refractivity contribution is 0.0600. The van der Waals surface area contributed by atoms with Crippen LogP contribution in [0.25, 0.3) is 11.3 Å². The molecule has 7 nitrogen and oxygen atoms in total. The maximum Gasteiger partial charge on any atom is 0.337 e. The molecular weight excluding hydrogens is 360 g/mol. The number of esters is 1. The Kier molecular flexibility index (Phi) is 5.86. The summed E-state index contributed by atoms with van der Waals surface area (Å²) in [5, 5.41) is 13.9. The summed E-state index contributed by atoms with van der Waals surface area (Å²) in [7, 11) is 2.86. The minimum Gasteiger partial charge on any atom is -0.496 e. The van der Waals surface area contributed by atoms with Gasteiger partial charge in [0.05, 0.1) is 38.6 Å². The molecule has 3 rings (SSSR count). The van der Waals surface area contributed by atoms with Crippen molar-refractivity contribution in [2.45, 2.75) is 13.2 Å². The van der Waals surface area contributed by atoms with Crippen LogP contribution in [0.2, 0.25) is 0 Å². The summed E-state index contributed by atoms with van der Waals surface area (Å²) in [5.41, 5.74) is 2.86. The van der Waals surface area contributed by atoms with E-state index in [9.17, 15) is 14.7 Å². The van der Waals surface area contributed by atoms with Gasteiger partial charge in [-0.15, -0.1) is 0 Å². The van der Waals surface area contributed by atoms with Gasteiger partial charge in [0.1, 0.15) is 5.75 Å². The third-order valence-corrected chi connectivity index (χ3v) is 4.29. The van der Waals surface area contributed by atoms with Crippen LogP contribution in [0.5, 0.6) is 5.75 Å². The minimum absolute atomic E-state index is 0.170. The molecule has 0 spiro atoms. The number of aliphatic hydroxyl groups is 1. The Labute approximate surface area is 161 Å². The van der Waals surface area contributed by atoms with Crippen molar-refractivity contribution in [3.05, 3.63) is 81.6 Å². The van der Waals surface area contributed by atoms with E-state index in [0.29, 0.717) is 22.6 Å². The number of rotatable bonds is 6. The van der Waals surface area contributed by atoms with Gasteiger partial charge in [0.2, 0.25) is 0 Å². The lowest BCUT2D eigenvalue weighted by Gasteiger charge is -2.11. The second-order valence-corrected chi connectivity index (χ2v) is 6.09. The summed E-state index contributed by atoms with van der Waals surface area (Å²) >= 11 is 0. The molecule has 0 aliphatic rings. The topological polar surface area (TPSA) is 90.7 Å². The van der Waals surface area contributed by atoms with Crippen LogP contribution in [0.1, 0.15) is 21.5 Å². The van der Waals surface area contributed by atoms with Crippen molar-refractivity contribution in [1.29, 1.82) is 0 Å². The normalized spacial score (nSPS) is 10.5. The third kappa shape index (κ3) is 4.10. The first-order valence-corrected chi connectivity index (χ1v) is 8.59. The smallest absolute Gasteiger partial charge is 0.337 e. The largest absolute Gasteiger partial charge is 0.496 e. The Morgan fingerprint density at radius 3 is 2.64 bits per heavy atom. The van der Waals surface area contributed by atoms with Crippen LogP contribution < -0.4 is 10.3 Å². The van der Waals surface area contributed by atoms with Gasteiger partial charge in [0.15, 0.2) is 0 Å². The Morgan fingerprint density at radius 2 is 1.93 bits per heavy atom. The van der Waals surface area contributed by atoms with Crippen LogP contribution in [0.15, 0.2) is 59.4 Å². The van der Waals surface area contributed by atoms with Crippen molar-refractivity contribution >= 4 is 5.97 Å². The zero-order chi connectivity index (χ0) is 20.1. The van der Waals surface area contributed by atoms with Gasteiger partial charge in [-0.25, -0.2) is 9.48 Å². The number of hydrogen-bond donors (Lipinski definition) is 1. The molecule has 28 heavy (non-hydrogen) atoms. The van der Waals surface area contributed by atoms with Gasteiger partial charge < -0.3 is 14.6 Å². The summed E-state index contributed by atoms with van der Waals surface area (Å²) in [5.74, 6) is 0.143. The number of aromatic nitrogens is 2. The molecule has 1 N–H and O–H groups in total. The minimum atomic E-state index is -0.439. The second kappa shape index (κ2) is 8.49. The monoisotopic (exact) mass is 380 g/mol. The third-order valence-electron chi connectivity index (χ3n) is 4.29. The fourth-order valence-electron chi connectivity index (χ4n) is 2.87. The van der Waals surface area contributed by atoms with Crippen molar-refractivity contribution in [1.82, 2.24) is 9.78 Å². The lowest BCUT2D eigenvalue weighted by atomic mass is 10.1. The first-order chi connectivity index (χ1) is 13.5. The molecule has 1 aromatic heterocycles. The highest BCUT2D eigenvalue weighted by Crippen LogP contribution is 2.25. The molecule has 0 radical (unpaired) electrons. The van der Waals surface area contributed by atoms with Crippen LogP contribution in [-0.2, 0) is 17.9 Å². The highest BCUT2D eigenvalue weighted by atomic mass is 16.5. The van der Waals surface area contributed by atoms with Crippen molar-refractivity contribution in [2.24, 2.45) is 0 Å². The summed E-state index contributed by atoms with van der Waals surface area (Å²) in [6.07, 6.45) is 0. The van der Waals surface area contributed by atoms with Gasteiger partial charge in [0.25, 0.3) is 5.56 Å².